The summed E-state index contributed by atoms with van der Waals surface area (Å²) >= 11 is 0. The molecule has 3 aliphatic rings. The molecular weight excluding hydrogens is 495 g/mol. The summed E-state index contributed by atoms with van der Waals surface area (Å²) in [6.07, 6.45) is -3.94. The van der Waals surface area contributed by atoms with E-state index in [0.717, 1.165) is 6.42 Å². The number of nitrogens with zero attached hydrogens (tertiary/aromatic N) is 1. The van der Waals surface area contributed by atoms with Gasteiger partial charge in [-0.25, -0.2) is 0 Å². The molecule has 3 rings (SSSR count). The van der Waals surface area contributed by atoms with Crippen molar-refractivity contribution in [3.63, 3.8) is 0 Å². The van der Waals surface area contributed by atoms with Crippen LogP contribution in [0.4, 0.5) is 13.2 Å². The Labute approximate surface area is 213 Å². The Morgan fingerprint density at radius 1 is 1.16 bits per heavy atom. The van der Waals surface area contributed by atoms with Crippen molar-refractivity contribution >= 4 is 29.5 Å². The molecule has 208 valence electrons. The molecule has 0 aromatic heterocycles. The molecule has 2 unspecified atom stereocenters. The quantitative estimate of drug-likeness (QED) is 0.376. The number of rotatable bonds is 7. The van der Waals surface area contributed by atoms with E-state index in [0.29, 0.717) is 13.0 Å². The molecule has 13 heteroatoms. The Bertz CT molecular complexity index is 977. The van der Waals surface area contributed by atoms with E-state index in [2.05, 4.69) is 10.6 Å². The lowest BCUT2D eigenvalue weighted by Gasteiger charge is -2.38. The molecule has 2 saturated heterocycles. The van der Waals surface area contributed by atoms with Crippen LogP contribution in [0.2, 0.25) is 0 Å². The number of likely N-dealkylation sites (tertiary alicyclic amines) is 1. The summed E-state index contributed by atoms with van der Waals surface area (Å²) in [5.41, 5.74) is 4.12. The zero-order chi connectivity index (χ0) is 28.1. The van der Waals surface area contributed by atoms with Gasteiger partial charge in [0.1, 0.15) is 18.1 Å². The number of piperidine rings is 2. The van der Waals surface area contributed by atoms with Crippen LogP contribution in [0, 0.1) is 28.6 Å². The number of carbonyl (C=O) groups excluding carboxylic acids is 5. The number of hydrogen-bond donors (Lipinski definition) is 4. The van der Waals surface area contributed by atoms with Gasteiger partial charge >= 0.3 is 12.1 Å². The molecule has 2 heterocycles. The van der Waals surface area contributed by atoms with Crippen LogP contribution in [-0.2, 0) is 24.0 Å². The lowest BCUT2D eigenvalue weighted by atomic mass is 9.85. The minimum atomic E-state index is -5.18. The molecule has 0 aromatic rings. The Hall–Kier alpha value is -2.86. The normalized spacial score (nSPS) is 28.4. The van der Waals surface area contributed by atoms with Gasteiger partial charge in [0.05, 0.1) is 0 Å². The SMILES string of the molecule is CC(C)(C)C(NC(=O)C(F)(F)F)C(=O)N1C[C@H]2[C@@H]([C@H]1C(=O)NC(C[C@@H]1CCCNC1=O)C(N)=O)C2(C)C. The lowest BCUT2D eigenvalue weighted by molar-refractivity contribution is -0.176. The maximum atomic E-state index is 13.5. The van der Waals surface area contributed by atoms with Crippen LogP contribution in [-0.4, -0.2) is 71.8 Å². The van der Waals surface area contributed by atoms with Crippen LogP contribution < -0.4 is 21.7 Å². The van der Waals surface area contributed by atoms with Crippen molar-refractivity contribution in [2.24, 2.45) is 34.3 Å². The number of alkyl halides is 3. The molecule has 0 aromatic carbocycles. The molecule has 2 aliphatic heterocycles. The highest BCUT2D eigenvalue weighted by atomic mass is 19.4. The highest BCUT2D eigenvalue weighted by Gasteiger charge is 2.70. The van der Waals surface area contributed by atoms with Gasteiger partial charge in [-0.1, -0.05) is 34.6 Å². The largest absolute Gasteiger partial charge is 0.471 e. The number of nitrogens with two attached hydrogens (primary N) is 1. The third-order valence-electron chi connectivity index (χ3n) is 7.99. The minimum Gasteiger partial charge on any atom is -0.368 e. The Kier molecular flexibility index (Phi) is 7.59. The summed E-state index contributed by atoms with van der Waals surface area (Å²) in [6.45, 7) is 9.04. The smallest absolute Gasteiger partial charge is 0.368 e. The number of fused-ring (bicyclic) bond motifs is 1. The van der Waals surface area contributed by atoms with Crippen LogP contribution in [0.3, 0.4) is 0 Å². The molecule has 6 atom stereocenters. The number of primary amides is 1. The second kappa shape index (κ2) is 9.79. The first-order chi connectivity index (χ1) is 16.9. The molecule has 1 aliphatic carbocycles. The number of nitrogens with one attached hydrogen (secondary N) is 3. The van der Waals surface area contributed by atoms with Gasteiger partial charge in [0.25, 0.3) is 0 Å². The number of halogens is 3. The molecular formula is C24H36F3N5O5. The van der Waals surface area contributed by atoms with E-state index in [1.54, 1.807) is 5.32 Å². The van der Waals surface area contributed by atoms with Crippen molar-refractivity contribution in [3.8, 4) is 0 Å². The molecule has 0 spiro atoms. The predicted molar refractivity (Wildman–Crippen MR) is 125 cm³/mol. The summed E-state index contributed by atoms with van der Waals surface area (Å²) in [7, 11) is 0. The van der Waals surface area contributed by atoms with Crippen molar-refractivity contribution in [2.75, 3.05) is 13.1 Å². The number of hydrogen-bond acceptors (Lipinski definition) is 5. The van der Waals surface area contributed by atoms with E-state index < -0.39 is 59.3 Å². The first kappa shape index (κ1) is 28.7. The van der Waals surface area contributed by atoms with Gasteiger partial charge in [-0.3, -0.25) is 24.0 Å². The van der Waals surface area contributed by atoms with E-state index in [-0.39, 0.29) is 36.1 Å². The van der Waals surface area contributed by atoms with Gasteiger partial charge in [0.2, 0.25) is 23.6 Å². The highest BCUT2D eigenvalue weighted by Crippen LogP contribution is 2.65. The van der Waals surface area contributed by atoms with Crippen molar-refractivity contribution in [3.05, 3.63) is 0 Å². The highest BCUT2D eigenvalue weighted by molar-refractivity contribution is 5.96. The zero-order valence-corrected chi connectivity index (χ0v) is 21.7. The maximum Gasteiger partial charge on any atom is 0.471 e. The monoisotopic (exact) mass is 531 g/mol. The summed E-state index contributed by atoms with van der Waals surface area (Å²) < 4.78 is 38.9. The Morgan fingerprint density at radius 3 is 2.30 bits per heavy atom. The van der Waals surface area contributed by atoms with Crippen molar-refractivity contribution < 1.29 is 37.1 Å². The van der Waals surface area contributed by atoms with E-state index >= 15 is 0 Å². The number of carbonyl (C=O) groups is 5. The first-order valence-electron chi connectivity index (χ1n) is 12.4. The fourth-order valence-corrected chi connectivity index (χ4v) is 5.69. The second-order valence-electron chi connectivity index (χ2n) is 12.0. The second-order valence-corrected chi connectivity index (χ2v) is 12.0. The molecule has 5 N–H and O–H groups in total. The molecule has 3 fully saturated rings. The average Bonchev–Trinajstić information content (AvgIpc) is 3.09. The number of amides is 5. The Balaban J connectivity index is 1.83. The predicted octanol–water partition coefficient (Wildman–Crippen LogP) is 0.449. The molecule has 1 saturated carbocycles. The molecule has 0 radical (unpaired) electrons. The van der Waals surface area contributed by atoms with Crippen LogP contribution >= 0.6 is 0 Å². The third-order valence-corrected chi connectivity index (χ3v) is 7.99. The average molecular weight is 532 g/mol. The summed E-state index contributed by atoms with van der Waals surface area (Å²) in [5, 5.41) is 7.10. The fraction of sp³-hybridized carbons (Fsp3) is 0.792. The van der Waals surface area contributed by atoms with Crippen LogP contribution in [0.5, 0.6) is 0 Å². The standard InChI is InChI=1S/C24H36F3N5O5/c1-22(2,3)16(31-21(37)24(25,26)27)20(36)32-10-12-14(23(12,4)5)15(32)19(35)30-13(17(28)33)9-11-7-6-8-29-18(11)34/h11-16H,6-10H2,1-5H3,(H2,28,33)(H,29,34)(H,30,35)(H,31,37)/t11-,12-,13?,14-,15-,16?/m0/s1. The maximum absolute atomic E-state index is 13.5. The minimum absolute atomic E-state index is 0.00266. The van der Waals surface area contributed by atoms with E-state index in [1.165, 1.54) is 25.7 Å². The van der Waals surface area contributed by atoms with Crippen LogP contribution in [0.25, 0.3) is 0 Å². The van der Waals surface area contributed by atoms with E-state index in [1.807, 2.05) is 13.8 Å². The van der Waals surface area contributed by atoms with Gasteiger partial charge < -0.3 is 26.6 Å². The van der Waals surface area contributed by atoms with Crippen molar-refractivity contribution in [1.29, 1.82) is 0 Å². The van der Waals surface area contributed by atoms with Crippen LogP contribution in [0.15, 0.2) is 0 Å². The molecule has 5 amide bonds. The van der Waals surface area contributed by atoms with Crippen LogP contribution in [0.1, 0.15) is 53.9 Å². The Morgan fingerprint density at radius 2 is 1.78 bits per heavy atom. The first-order valence-corrected chi connectivity index (χ1v) is 12.4. The molecule has 0 bridgehead atoms. The van der Waals surface area contributed by atoms with Gasteiger partial charge in [-0.05, 0) is 41.9 Å². The molecule has 37 heavy (non-hydrogen) atoms. The van der Waals surface area contributed by atoms with Gasteiger partial charge in [0, 0.05) is 19.0 Å². The topological polar surface area (TPSA) is 151 Å². The zero-order valence-electron chi connectivity index (χ0n) is 21.7. The van der Waals surface area contributed by atoms with Crippen molar-refractivity contribution in [1.82, 2.24) is 20.9 Å². The lowest BCUT2D eigenvalue weighted by Crippen LogP contribution is -2.61. The van der Waals surface area contributed by atoms with Gasteiger partial charge in [-0.15, -0.1) is 0 Å². The van der Waals surface area contributed by atoms with Gasteiger partial charge in [-0.2, -0.15) is 13.2 Å². The van der Waals surface area contributed by atoms with Crippen molar-refractivity contribution in [2.45, 2.75) is 78.2 Å². The van der Waals surface area contributed by atoms with Gasteiger partial charge in [0.15, 0.2) is 0 Å². The summed E-state index contributed by atoms with van der Waals surface area (Å²) in [5.74, 6) is -5.67. The summed E-state index contributed by atoms with van der Waals surface area (Å²) in [6, 6.07) is -3.78. The third kappa shape index (κ3) is 5.85. The summed E-state index contributed by atoms with van der Waals surface area (Å²) in [4.78, 5) is 64.3. The molecule has 10 nitrogen and oxygen atoms in total. The van der Waals surface area contributed by atoms with E-state index in [4.69, 9.17) is 5.73 Å². The van der Waals surface area contributed by atoms with E-state index in [9.17, 15) is 37.1 Å². The fourth-order valence-electron chi connectivity index (χ4n) is 5.69.